The van der Waals surface area contributed by atoms with Crippen LogP contribution >= 0.6 is 22.9 Å². The van der Waals surface area contributed by atoms with Crippen LogP contribution in [0.25, 0.3) is 10.4 Å². The minimum absolute atomic E-state index is 0.291. The molecule has 0 saturated carbocycles. The molecule has 5 heteroatoms. The average molecular weight is 321 g/mol. The molecule has 1 aliphatic heterocycles. The van der Waals surface area contributed by atoms with Crippen LogP contribution in [0, 0.1) is 0 Å². The van der Waals surface area contributed by atoms with Crippen LogP contribution in [0.4, 0.5) is 0 Å². The Morgan fingerprint density at radius 1 is 0.905 bits per heavy atom. The van der Waals surface area contributed by atoms with E-state index in [9.17, 15) is 0 Å². The molecule has 0 radical (unpaired) electrons. The zero-order chi connectivity index (χ0) is 15.3. The maximum Gasteiger partial charge on any atom is 0.505 e. The Morgan fingerprint density at radius 2 is 1.48 bits per heavy atom. The Hall–Kier alpha value is -0.805. The summed E-state index contributed by atoms with van der Waals surface area (Å²) in [6, 6.07) is 12.1. The van der Waals surface area contributed by atoms with Crippen molar-refractivity contribution in [3.8, 4) is 10.4 Å². The van der Waals surface area contributed by atoms with E-state index in [-0.39, 0.29) is 18.3 Å². The van der Waals surface area contributed by atoms with E-state index in [4.69, 9.17) is 20.9 Å². The number of hydrogen-bond acceptors (Lipinski definition) is 3. The second kappa shape index (κ2) is 5.13. The van der Waals surface area contributed by atoms with E-state index in [0.717, 1.165) is 15.4 Å². The van der Waals surface area contributed by atoms with Crippen LogP contribution in [0.15, 0.2) is 36.4 Å². The highest BCUT2D eigenvalue weighted by Crippen LogP contribution is 2.37. The van der Waals surface area contributed by atoms with Crippen molar-refractivity contribution in [2.45, 2.75) is 38.9 Å². The summed E-state index contributed by atoms with van der Waals surface area (Å²) in [6.45, 7) is 8.28. The Kier molecular flexibility index (Phi) is 3.69. The maximum absolute atomic E-state index is 6.09. The first-order valence-corrected chi connectivity index (χ1v) is 8.19. The van der Waals surface area contributed by atoms with E-state index in [2.05, 4.69) is 39.8 Å². The molecule has 0 atom stereocenters. The van der Waals surface area contributed by atoms with Crippen molar-refractivity contribution in [1.29, 1.82) is 0 Å². The lowest BCUT2D eigenvalue weighted by molar-refractivity contribution is 0.00578. The van der Waals surface area contributed by atoms with Crippen molar-refractivity contribution >= 4 is 34.8 Å². The predicted octanol–water partition coefficient (Wildman–Crippen LogP) is 4.37. The molecule has 0 spiro atoms. The van der Waals surface area contributed by atoms with Crippen molar-refractivity contribution in [3.05, 3.63) is 41.4 Å². The van der Waals surface area contributed by atoms with Gasteiger partial charge in [-0.15, -0.1) is 11.3 Å². The first kappa shape index (κ1) is 15.1. The predicted molar refractivity (Wildman–Crippen MR) is 90.5 cm³/mol. The maximum atomic E-state index is 6.09. The first-order valence-electron chi connectivity index (χ1n) is 7.00. The van der Waals surface area contributed by atoms with Crippen molar-refractivity contribution < 1.29 is 9.31 Å². The molecule has 0 amide bonds. The van der Waals surface area contributed by atoms with Crippen molar-refractivity contribution in [2.75, 3.05) is 0 Å². The number of hydrogen-bond donors (Lipinski definition) is 0. The van der Waals surface area contributed by atoms with Gasteiger partial charge in [-0.25, -0.2) is 0 Å². The molecule has 0 unspecified atom stereocenters. The third-order valence-electron chi connectivity index (χ3n) is 4.24. The summed E-state index contributed by atoms with van der Waals surface area (Å²) in [7, 11) is -0.291. The van der Waals surface area contributed by atoms with Gasteiger partial charge in [0.25, 0.3) is 0 Å². The normalized spacial score (nSPS) is 20.0. The van der Waals surface area contributed by atoms with Gasteiger partial charge in [0.1, 0.15) is 0 Å². The number of thiophene rings is 1. The van der Waals surface area contributed by atoms with Gasteiger partial charge in [0.05, 0.1) is 11.2 Å². The van der Waals surface area contributed by atoms with Gasteiger partial charge in [0.15, 0.2) is 0 Å². The Morgan fingerprint density at radius 3 is 2.05 bits per heavy atom. The SMILES string of the molecule is CC1(C)OB(c2ccc(-c3ccc(Cl)cc3)s2)OC1(C)C. The Labute approximate surface area is 135 Å². The third kappa shape index (κ3) is 2.78. The van der Waals surface area contributed by atoms with Gasteiger partial charge in [-0.3, -0.25) is 0 Å². The van der Waals surface area contributed by atoms with E-state index < -0.39 is 0 Å². The largest absolute Gasteiger partial charge is 0.505 e. The molecule has 2 heterocycles. The molecule has 2 aromatic rings. The van der Waals surface area contributed by atoms with Gasteiger partial charge < -0.3 is 9.31 Å². The zero-order valence-corrected chi connectivity index (χ0v) is 14.2. The second-order valence-corrected chi connectivity index (χ2v) is 7.85. The minimum atomic E-state index is -0.303. The lowest BCUT2D eigenvalue weighted by Crippen LogP contribution is -2.41. The molecule has 3 rings (SSSR count). The van der Waals surface area contributed by atoms with E-state index in [1.165, 1.54) is 4.88 Å². The van der Waals surface area contributed by atoms with Crippen molar-refractivity contribution in [3.63, 3.8) is 0 Å². The molecule has 0 N–H and O–H groups in total. The lowest BCUT2D eigenvalue weighted by atomic mass is 9.88. The summed E-state index contributed by atoms with van der Waals surface area (Å²) in [5.41, 5.74) is 0.552. The summed E-state index contributed by atoms with van der Waals surface area (Å²) in [5, 5.41) is 0.751. The first-order chi connectivity index (χ1) is 9.78. The highest BCUT2D eigenvalue weighted by molar-refractivity contribution is 7.25. The molecule has 0 bridgehead atoms. The van der Waals surface area contributed by atoms with Gasteiger partial charge >= 0.3 is 7.12 Å². The molecule has 21 heavy (non-hydrogen) atoms. The van der Waals surface area contributed by atoms with Gasteiger partial charge in [-0.1, -0.05) is 29.8 Å². The van der Waals surface area contributed by atoms with Crippen LogP contribution < -0.4 is 4.78 Å². The number of rotatable bonds is 2. The van der Waals surface area contributed by atoms with E-state index in [1.807, 2.05) is 24.3 Å². The Bertz CT molecular complexity index is 633. The van der Waals surface area contributed by atoms with Crippen LogP contribution in [0.5, 0.6) is 0 Å². The summed E-state index contributed by atoms with van der Waals surface area (Å²) >= 11 is 7.63. The van der Waals surface area contributed by atoms with Crippen LogP contribution in [0.3, 0.4) is 0 Å². The molecular weight excluding hydrogens is 303 g/mol. The molecule has 1 aromatic heterocycles. The van der Waals surface area contributed by atoms with E-state index in [1.54, 1.807) is 11.3 Å². The summed E-state index contributed by atoms with van der Waals surface area (Å²) < 4.78 is 13.3. The molecular formula is C16H18BClO2S. The molecule has 1 aromatic carbocycles. The fraction of sp³-hybridized carbons (Fsp3) is 0.375. The average Bonchev–Trinajstić information content (AvgIpc) is 2.94. The van der Waals surface area contributed by atoms with Crippen LogP contribution in [0.2, 0.25) is 5.02 Å². The van der Waals surface area contributed by atoms with Gasteiger partial charge in [0, 0.05) is 14.7 Å². The fourth-order valence-corrected chi connectivity index (χ4v) is 3.31. The lowest BCUT2D eigenvalue weighted by Gasteiger charge is -2.32. The smallest absolute Gasteiger partial charge is 0.399 e. The van der Waals surface area contributed by atoms with Crippen LogP contribution in [-0.4, -0.2) is 18.3 Å². The Balaban J connectivity index is 1.85. The summed E-state index contributed by atoms with van der Waals surface area (Å²) in [6.07, 6.45) is 0. The van der Waals surface area contributed by atoms with E-state index in [0.29, 0.717) is 0 Å². The minimum Gasteiger partial charge on any atom is -0.399 e. The molecule has 1 saturated heterocycles. The molecule has 1 aliphatic rings. The molecule has 0 aliphatic carbocycles. The standard InChI is InChI=1S/C16H18BClO2S/c1-15(2)16(3,4)20-17(19-15)14-10-9-13(21-14)11-5-7-12(18)8-6-11/h5-10H,1-4H3. The summed E-state index contributed by atoms with van der Waals surface area (Å²) in [5.74, 6) is 0. The van der Waals surface area contributed by atoms with Crippen molar-refractivity contribution in [1.82, 2.24) is 0 Å². The van der Waals surface area contributed by atoms with Gasteiger partial charge in [-0.05, 0) is 51.5 Å². The van der Waals surface area contributed by atoms with Crippen LogP contribution in [-0.2, 0) is 9.31 Å². The van der Waals surface area contributed by atoms with E-state index >= 15 is 0 Å². The summed E-state index contributed by atoms with van der Waals surface area (Å²) in [4.78, 5) is 1.19. The monoisotopic (exact) mass is 320 g/mol. The van der Waals surface area contributed by atoms with Gasteiger partial charge in [0.2, 0.25) is 0 Å². The van der Waals surface area contributed by atoms with Crippen LogP contribution in [0.1, 0.15) is 27.7 Å². The zero-order valence-electron chi connectivity index (χ0n) is 12.6. The highest BCUT2D eigenvalue weighted by atomic mass is 35.5. The quantitative estimate of drug-likeness (QED) is 0.765. The number of halogens is 1. The molecule has 1 fully saturated rings. The highest BCUT2D eigenvalue weighted by Gasteiger charge is 2.52. The van der Waals surface area contributed by atoms with Gasteiger partial charge in [-0.2, -0.15) is 0 Å². The fourth-order valence-electron chi connectivity index (χ4n) is 2.21. The third-order valence-corrected chi connectivity index (χ3v) is 5.65. The topological polar surface area (TPSA) is 18.5 Å². The number of benzene rings is 1. The van der Waals surface area contributed by atoms with Crippen molar-refractivity contribution in [2.24, 2.45) is 0 Å². The molecule has 2 nitrogen and oxygen atoms in total. The molecule has 110 valence electrons. The second-order valence-electron chi connectivity index (χ2n) is 6.30.